The van der Waals surface area contributed by atoms with Gasteiger partial charge in [-0.2, -0.15) is 0 Å². The van der Waals surface area contributed by atoms with Gasteiger partial charge in [0.05, 0.1) is 16.8 Å². The van der Waals surface area contributed by atoms with Crippen LogP contribution in [-0.4, -0.2) is 30.4 Å². The average molecular weight is 388 g/mol. The molecule has 0 radical (unpaired) electrons. The van der Waals surface area contributed by atoms with Crippen molar-refractivity contribution in [3.8, 4) is 0 Å². The molecule has 1 aliphatic rings. The molecule has 8 heteroatoms. The molecule has 3 rings (SSSR count). The van der Waals surface area contributed by atoms with Crippen molar-refractivity contribution in [1.29, 1.82) is 0 Å². The Hall–Kier alpha value is -3.06. The van der Waals surface area contributed by atoms with Crippen LogP contribution in [0.3, 0.4) is 0 Å². The highest BCUT2D eigenvalue weighted by Crippen LogP contribution is 2.22. The summed E-state index contributed by atoms with van der Waals surface area (Å²) in [5.74, 6) is -1.55. The van der Waals surface area contributed by atoms with Crippen LogP contribution in [0.5, 0.6) is 0 Å². The minimum atomic E-state index is -0.737. The molecule has 0 unspecified atom stereocenters. The molecule has 0 spiro atoms. The smallest absolute Gasteiger partial charge is 0.340 e. The van der Waals surface area contributed by atoms with Crippen LogP contribution in [0.2, 0.25) is 5.02 Å². The number of hydrogen-bond donors (Lipinski definition) is 3. The normalized spacial score (nSPS) is 12.9. The van der Waals surface area contributed by atoms with Crippen molar-refractivity contribution < 1.29 is 19.1 Å². The number of rotatable bonds is 6. The summed E-state index contributed by atoms with van der Waals surface area (Å²) in [6.45, 7) is -0.514. The van der Waals surface area contributed by atoms with Crippen LogP contribution in [0.15, 0.2) is 42.5 Å². The van der Waals surface area contributed by atoms with Crippen molar-refractivity contribution >= 4 is 40.8 Å². The Kier molecular flexibility index (Phi) is 5.61. The topological polar surface area (TPSA) is 111 Å². The van der Waals surface area contributed by atoms with E-state index in [1.807, 2.05) is 0 Å². The van der Waals surface area contributed by atoms with Crippen molar-refractivity contribution in [3.63, 3.8) is 0 Å². The minimum absolute atomic E-state index is 0.122. The van der Waals surface area contributed by atoms with Crippen LogP contribution in [0.4, 0.5) is 11.4 Å². The molecule has 0 atom stereocenters. The van der Waals surface area contributed by atoms with Gasteiger partial charge >= 0.3 is 5.97 Å². The third-order valence-corrected chi connectivity index (χ3v) is 4.16. The largest absolute Gasteiger partial charge is 0.452 e. The molecule has 140 valence electrons. The van der Waals surface area contributed by atoms with Crippen molar-refractivity contribution in [2.24, 2.45) is 0 Å². The Labute approximate surface area is 160 Å². The Bertz CT molecular complexity index is 896. The van der Waals surface area contributed by atoms with Gasteiger partial charge in [0, 0.05) is 16.8 Å². The summed E-state index contributed by atoms with van der Waals surface area (Å²) in [4.78, 5) is 36.4. The first-order chi connectivity index (χ1) is 12.9. The number of carbonyl (C=O) groups excluding carboxylic acids is 3. The molecule has 1 saturated carbocycles. The second-order valence-electron chi connectivity index (χ2n) is 6.15. The van der Waals surface area contributed by atoms with Gasteiger partial charge in [-0.1, -0.05) is 23.7 Å². The molecular weight excluding hydrogens is 370 g/mol. The lowest BCUT2D eigenvalue weighted by molar-refractivity contribution is -0.119. The predicted octanol–water partition coefficient (Wildman–Crippen LogP) is 2.61. The molecule has 4 N–H and O–H groups in total. The van der Waals surface area contributed by atoms with Gasteiger partial charge < -0.3 is 21.1 Å². The third-order valence-electron chi connectivity index (χ3n) is 3.93. The lowest BCUT2D eigenvalue weighted by atomic mass is 10.1. The molecule has 2 aromatic rings. The van der Waals surface area contributed by atoms with E-state index in [4.69, 9.17) is 22.1 Å². The molecule has 1 fully saturated rings. The summed E-state index contributed by atoms with van der Waals surface area (Å²) in [6, 6.07) is 11.2. The minimum Gasteiger partial charge on any atom is -0.452 e. The van der Waals surface area contributed by atoms with E-state index in [1.165, 1.54) is 18.2 Å². The van der Waals surface area contributed by atoms with Gasteiger partial charge in [0.25, 0.3) is 11.8 Å². The Morgan fingerprint density at radius 1 is 1.11 bits per heavy atom. The Balaban J connectivity index is 1.59. The van der Waals surface area contributed by atoms with E-state index in [2.05, 4.69) is 10.6 Å². The lowest BCUT2D eigenvalue weighted by Crippen LogP contribution is -2.28. The van der Waals surface area contributed by atoms with E-state index in [0.29, 0.717) is 16.3 Å². The summed E-state index contributed by atoms with van der Waals surface area (Å²) in [6.07, 6.45) is 1.92. The highest BCUT2D eigenvalue weighted by atomic mass is 35.5. The molecule has 2 aromatic carbocycles. The zero-order valence-electron chi connectivity index (χ0n) is 14.3. The zero-order chi connectivity index (χ0) is 19.4. The molecular formula is C19H18ClN3O4. The number of amides is 2. The van der Waals surface area contributed by atoms with E-state index in [9.17, 15) is 14.4 Å². The summed E-state index contributed by atoms with van der Waals surface area (Å²) < 4.78 is 4.98. The Morgan fingerprint density at radius 3 is 2.56 bits per heavy atom. The van der Waals surface area contributed by atoms with E-state index < -0.39 is 18.5 Å². The summed E-state index contributed by atoms with van der Waals surface area (Å²) >= 11 is 5.79. The monoisotopic (exact) mass is 387 g/mol. The molecule has 0 saturated heterocycles. The fourth-order valence-electron chi connectivity index (χ4n) is 2.40. The van der Waals surface area contributed by atoms with Crippen LogP contribution in [0.25, 0.3) is 0 Å². The van der Waals surface area contributed by atoms with Crippen LogP contribution in [0.1, 0.15) is 33.6 Å². The number of halogens is 1. The van der Waals surface area contributed by atoms with Gasteiger partial charge in [-0.05, 0) is 43.2 Å². The quantitative estimate of drug-likeness (QED) is 0.521. The molecule has 0 aromatic heterocycles. The second-order valence-corrected chi connectivity index (χ2v) is 6.59. The van der Waals surface area contributed by atoms with E-state index in [-0.39, 0.29) is 23.2 Å². The van der Waals surface area contributed by atoms with Crippen LogP contribution >= 0.6 is 11.6 Å². The van der Waals surface area contributed by atoms with Crippen molar-refractivity contribution in [1.82, 2.24) is 5.32 Å². The van der Waals surface area contributed by atoms with Crippen molar-refractivity contribution in [3.05, 3.63) is 58.6 Å². The van der Waals surface area contributed by atoms with Gasteiger partial charge in [0.2, 0.25) is 0 Å². The second kappa shape index (κ2) is 8.09. The number of esters is 1. The van der Waals surface area contributed by atoms with Crippen molar-refractivity contribution in [2.45, 2.75) is 18.9 Å². The number of hydrogen-bond acceptors (Lipinski definition) is 5. The molecule has 0 heterocycles. The number of carbonyl (C=O) groups is 3. The van der Waals surface area contributed by atoms with E-state index in [0.717, 1.165) is 12.8 Å². The zero-order valence-corrected chi connectivity index (χ0v) is 15.1. The molecule has 0 bridgehead atoms. The summed E-state index contributed by atoms with van der Waals surface area (Å²) in [7, 11) is 0. The SMILES string of the molecule is Nc1cc(Cl)ccc1C(=O)OCC(=O)Nc1ccccc1C(=O)NC1CC1. The summed E-state index contributed by atoms with van der Waals surface area (Å²) in [5, 5.41) is 5.84. The van der Waals surface area contributed by atoms with E-state index >= 15 is 0 Å². The van der Waals surface area contributed by atoms with Crippen LogP contribution < -0.4 is 16.4 Å². The number of nitrogen functional groups attached to an aromatic ring is 1. The van der Waals surface area contributed by atoms with Crippen LogP contribution in [-0.2, 0) is 9.53 Å². The number of ether oxygens (including phenoxy) is 1. The molecule has 1 aliphatic carbocycles. The standard InChI is InChI=1S/C19H18ClN3O4/c20-11-5-8-13(15(21)9-11)19(26)27-10-17(24)23-16-4-2-1-3-14(16)18(25)22-12-6-7-12/h1-5,8-9,12H,6-7,10,21H2,(H,22,25)(H,23,24). The number of benzene rings is 2. The van der Waals surface area contributed by atoms with Gasteiger partial charge in [-0.15, -0.1) is 0 Å². The van der Waals surface area contributed by atoms with Gasteiger partial charge in [-0.3, -0.25) is 9.59 Å². The average Bonchev–Trinajstić information content (AvgIpc) is 3.44. The van der Waals surface area contributed by atoms with Gasteiger partial charge in [0.1, 0.15) is 0 Å². The van der Waals surface area contributed by atoms with Crippen LogP contribution in [0, 0.1) is 0 Å². The molecule has 0 aliphatic heterocycles. The first-order valence-electron chi connectivity index (χ1n) is 8.36. The highest BCUT2D eigenvalue weighted by Gasteiger charge is 2.25. The fourth-order valence-corrected chi connectivity index (χ4v) is 2.58. The fraction of sp³-hybridized carbons (Fsp3) is 0.211. The van der Waals surface area contributed by atoms with Crippen molar-refractivity contribution in [2.75, 3.05) is 17.7 Å². The first kappa shape index (κ1) is 18.7. The Morgan fingerprint density at radius 2 is 1.85 bits per heavy atom. The maximum atomic E-state index is 12.2. The maximum absolute atomic E-state index is 12.2. The molecule has 27 heavy (non-hydrogen) atoms. The predicted molar refractivity (Wildman–Crippen MR) is 102 cm³/mol. The third kappa shape index (κ3) is 4.98. The summed E-state index contributed by atoms with van der Waals surface area (Å²) in [5.41, 5.74) is 6.71. The molecule has 7 nitrogen and oxygen atoms in total. The maximum Gasteiger partial charge on any atom is 0.340 e. The number of anilines is 2. The van der Waals surface area contributed by atoms with E-state index in [1.54, 1.807) is 24.3 Å². The van der Waals surface area contributed by atoms with Gasteiger partial charge in [0.15, 0.2) is 6.61 Å². The first-order valence-corrected chi connectivity index (χ1v) is 8.73. The number of para-hydroxylation sites is 1. The lowest BCUT2D eigenvalue weighted by Gasteiger charge is -2.11. The number of nitrogens with one attached hydrogen (secondary N) is 2. The number of nitrogens with two attached hydrogens (primary N) is 1. The molecule has 2 amide bonds. The van der Waals surface area contributed by atoms with Gasteiger partial charge in [-0.25, -0.2) is 4.79 Å². The highest BCUT2D eigenvalue weighted by molar-refractivity contribution is 6.31.